The highest BCUT2D eigenvalue weighted by molar-refractivity contribution is 5.98. The van der Waals surface area contributed by atoms with Crippen LogP contribution in [0.25, 0.3) is 0 Å². The first-order valence-corrected chi connectivity index (χ1v) is 10.5. The van der Waals surface area contributed by atoms with E-state index in [1.165, 1.54) is 39.3 Å². The van der Waals surface area contributed by atoms with Gasteiger partial charge in [-0.1, -0.05) is 6.08 Å². The summed E-state index contributed by atoms with van der Waals surface area (Å²) >= 11 is 0. The highest BCUT2D eigenvalue weighted by Gasteiger charge is 2.28. The third-order valence-corrected chi connectivity index (χ3v) is 4.65. The van der Waals surface area contributed by atoms with E-state index in [2.05, 4.69) is 16.9 Å². The second-order valence-corrected chi connectivity index (χ2v) is 7.38. The fraction of sp³-hybridized carbons (Fsp3) is 0.333. The number of esters is 2. The van der Waals surface area contributed by atoms with Crippen molar-refractivity contribution >= 4 is 17.8 Å². The summed E-state index contributed by atoms with van der Waals surface area (Å²) in [4.78, 5) is 40.7. The van der Waals surface area contributed by atoms with E-state index in [1.807, 2.05) is 0 Å². The smallest absolute Gasteiger partial charge is 0.328 e. The molecule has 1 aromatic carbocycles. The Hall–Kier alpha value is -4.02. The Morgan fingerprint density at radius 3 is 2.49 bits per heavy atom. The number of ether oxygens (including phenoxy) is 4. The van der Waals surface area contributed by atoms with Crippen molar-refractivity contribution in [2.24, 2.45) is 0 Å². The van der Waals surface area contributed by atoms with Crippen molar-refractivity contribution in [1.82, 2.24) is 10.3 Å². The van der Waals surface area contributed by atoms with Crippen molar-refractivity contribution in [3.05, 3.63) is 60.4 Å². The number of benzene rings is 1. The lowest BCUT2D eigenvalue weighted by atomic mass is 10.1. The van der Waals surface area contributed by atoms with Gasteiger partial charge in [0, 0.05) is 31.7 Å². The van der Waals surface area contributed by atoms with Gasteiger partial charge in [0.05, 0.1) is 7.11 Å². The lowest BCUT2D eigenvalue weighted by molar-refractivity contribution is -0.154. The van der Waals surface area contributed by atoms with Crippen LogP contribution in [0.3, 0.4) is 0 Å². The minimum atomic E-state index is -1.14. The molecule has 0 aliphatic carbocycles. The molecular formula is C24H26F2N2O7. The first kappa shape index (κ1) is 27.2. The number of carbonyl (C=O) groups excluding carboxylic acids is 3. The zero-order chi connectivity index (χ0) is 26.1. The molecule has 1 aromatic heterocycles. The molecule has 11 heteroatoms. The Labute approximate surface area is 201 Å². The highest BCUT2D eigenvalue weighted by Crippen LogP contribution is 2.29. The lowest BCUT2D eigenvalue weighted by Crippen LogP contribution is -2.43. The lowest BCUT2D eigenvalue weighted by Gasteiger charge is -2.26. The van der Waals surface area contributed by atoms with E-state index in [4.69, 9.17) is 18.9 Å². The molecule has 0 aliphatic rings. The van der Waals surface area contributed by atoms with E-state index >= 15 is 0 Å². The summed E-state index contributed by atoms with van der Waals surface area (Å²) < 4.78 is 48.2. The molecule has 2 aromatic rings. The summed E-state index contributed by atoms with van der Waals surface area (Å²) in [5.74, 6) is -4.32. The molecule has 188 valence electrons. The Bertz CT molecular complexity index is 1090. The van der Waals surface area contributed by atoms with Crippen LogP contribution in [0.4, 0.5) is 8.78 Å². The zero-order valence-electron chi connectivity index (χ0n) is 19.7. The summed E-state index contributed by atoms with van der Waals surface area (Å²) in [5, 5.41) is 2.42. The van der Waals surface area contributed by atoms with Gasteiger partial charge in [-0.2, -0.15) is 0 Å². The van der Waals surface area contributed by atoms with Crippen LogP contribution in [0.5, 0.6) is 17.2 Å². The molecule has 1 heterocycles. The van der Waals surface area contributed by atoms with Crippen LogP contribution in [0.1, 0.15) is 37.7 Å². The first-order chi connectivity index (χ1) is 16.6. The third kappa shape index (κ3) is 7.49. The number of methoxy groups -OCH3 is 1. The van der Waals surface area contributed by atoms with Crippen molar-refractivity contribution < 1.29 is 42.1 Å². The van der Waals surface area contributed by atoms with Crippen LogP contribution >= 0.6 is 0 Å². The SMILES string of the molecule is C=CC[C@@H](Oc1ccc(F)cc1F)[C@H](C)OC(=O)[C@H](C)NC(=O)c1nccc(OC)c1OC(C)=O. The van der Waals surface area contributed by atoms with E-state index in [1.54, 1.807) is 0 Å². The Kier molecular flexibility index (Phi) is 9.68. The topological polar surface area (TPSA) is 113 Å². The molecule has 0 bridgehead atoms. The Morgan fingerprint density at radius 2 is 1.89 bits per heavy atom. The molecular weight excluding hydrogens is 466 g/mol. The number of nitrogens with zero attached hydrogens (tertiary/aromatic N) is 1. The van der Waals surface area contributed by atoms with Crippen LogP contribution in [0.15, 0.2) is 43.1 Å². The molecule has 3 atom stereocenters. The summed E-state index contributed by atoms with van der Waals surface area (Å²) in [6.07, 6.45) is 1.22. The van der Waals surface area contributed by atoms with Gasteiger partial charge in [-0.05, 0) is 26.0 Å². The van der Waals surface area contributed by atoms with Gasteiger partial charge in [0.2, 0.25) is 5.75 Å². The second kappa shape index (κ2) is 12.4. The van der Waals surface area contributed by atoms with Gasteiger partial charge >= 0.3 is 11.9 Å². The van der Waals surface area contributed by atoms with Gasteiger partial charge in [0.1, 0.15) is 24.1 Å². The molecule has 0 fully saturated rings. The minimum absolute atomic E-state index is 0.0987. The van der Waals surface area contributed by atoms with Crippen LogP contribution in [0.2, 0.25) is 0 Å². The maximum absolute atomic E-state index is 14.0. The van der Waals surface area contributed by atoms with Gasteiger partial charge in [-0.3, -0.25) is 9.59 Å². The normalized spacial score (nSPS) is 13.1. The number of hydrogen-bond acceptors (Lipinski definition) is 8. The van der Waals surface area contributed by atoms with Crippen LogP contribution in [0, 0.1) is 11.6 Å². The number of hydrogen-bond donors (Lipinski definition) is 1. The minimum Gasteiger partial charge on any atom is -0.493 e. The summed E-state index contributed by atoms with van der Waals surface area (Å²) in [6, 6.07) is 3.09. The quantitative estimate of drug-likeness (QED) is 0.375. The van der Waals surface area contributed by atoms with Crippen molar-refractivity contribution in [2.45, 2.75) is 45.4 Å². The van der Waals surface area contributed by atoms with E-state index in [0.717, 1.165) is 19.1 Å². The van der Waals surface area contributed by atoms with E-state index in [9.17, 15) is 23.2 Å². The number of aromatic nitrogens is 1. The average Bonchev–Trinajstić information content (AvgIpc) is 2.79. The molecule has 0 saturated carbocycles. The second-order valence-electron chi connectivity index (χ2n) is 7.38. The maximum atomic E-state index is 14.0. The molecule has 0 saturated heterocycles. The molecule has 0 unspecified atom stereocenters. The number of amides is 1. The Morgan fingerprint density at radius 1 is 1.17 bits per heavy atom. The van der Waals surface area contributed by atoms with E-state index < -0.39 is 47.7 Å². The number of rotatable bonds is 11. The number of halogens is 2. The molecule has 1 amide bonds. The maximum Gasteiger partial charge on any atom is 0.328 e. The van der Waals surface area contributed by atoms with Gasteiger partial charge in [0.15, 0.2) is 23.0 Å². The van der Waals surface area contributed by atoms with E-state index in [0.29, 0.717) is 6.07 Å². The molecule has 2 rings (SSSR count). The molecule has 1 N–H and O–H groups in total. The fourth-order valence-corrected chi connectivity index (χ4v) is 2.91. The monoisotopic (exact) mass is 492 g/mol. The average molecular weight is 492 g/mol. The number of carbonyl (C=O) groups is 3. The van der Waals surface area contributed by atoms with E-state index in [-0.39, 0.29) is 29.4 Å². The van der Waals surface area contributed by atoms with Crippen molar-refractivity contribution in [3.8, 4) is 17.2 Å². The first-order valence-electron chi connectivity index (χ1n) is 10.5. The molecule has 35 heavy (non-hydrogen) atoms. The number of nitrogens with one attached hydrogen (secondary N) is 1. The zero-order valence-corrected chi connectivity index (χ0v) is 19.7. The van der Waals surface area contributed by atoms with Crippen LogP contribution in [-0.4, -0.2) is 48.2 Å². The predicted molar refractivity (Wildman–Crippen MR) is 120 cm³/mol. The molecule has 9 nitrogen and oxygen atoms in total. The van der Waals surface area contributed by atoms with Gasteiger partial charge in [-0.15, -0.1) is 6.58 Å². The molecule has 0 spiro atoms. The Balaban J connectivity index is 2.09. The van der Waals surface area contributed by atoms with Crippen molar-refractivity contribution in [3.63, 3.8) is 0 Å². The van der Waals surface area contributed by atoms with Gasteiger partial charge in [0.25, 0.3) is 5.91 Å². The van der Waals surface area contributed by atoms with Crippen LogP contribution in [-0.2, 0) is 14.3 Å². The summed E-state index contributed by atoms with van der Waals surface area (Å²) in [5.41, 5.74) is -0.271. The third-order valence-electron chi connectivity index (χ3n) is 4.65. The number of pyridine rings is 1. The van der Waals surface area contributed by atoms with Gasteiger partial charge < -0.3 is 24.3 Å². The van der Waals surface area contributed by atoms with Crippen molar-refractivity contribution in [1.29, 1.82) is 0 Å². The fourth-order valence-electron chi connectivity index (χ4n) is 2.91. The standard InChI is InChI=1S/C24H26F2N2O7/c1-6-7-18(35-19-9-8-16(25)12-17(19)26)14(3)33-24(31)13(2)28-23(30)21-22(34-15(4)29)20(32-5)10-11-27-21/h6,8-14,18H,1,7H2,2-5H3,(H,28,30)/t13-,14-,18+/m0/s1. The largest absolute Gasteiger partial charge is 0.493 e. The van der Waals surface area contributed by atoms with Crippen molar-refractivity contribution in [2.75, 3.05) is 7.11 Å². The summed E-state index contributed by atoms with van der Waals surface area (Å²) in [6.45, 7) is 7.65. The van der Waals surface area contributed by atoms with Gasteiger partial charge in [-0.25, -0.2) is 18.6 Å². The van der Waals surface area contributed by atoms with Crippen LogP contribution < -0.4 is 19.5 Å². The highest BCUT2D eigenvalue weighted by atomic mass is 19.1. The molecule has 0 radical (unpaired) electrons. The summed E-state index contributed by atoms with van der Waals surface area (Å²) in [7, 11) is 1.32. The molecule has 0 aliphatic heterocycles. The predicted octanol–water partition coefficient (Wildman–Crippen LogP) is 3.37.